The minimum Gasteiger partial charge on any atom is -0.321 e. The van der Waals surface area contributed by atoms with E-state index in [4.69, 9.17) is 5.73 Å². The molecule has 0 aliphatic heterocycles. The summed E-state index contributed by atoms with van der Waals surface area (Å²) < 4.78 is 0. The molecule has 0 atom stereocenters. The molecule has 0 fully saturated rings. The predicted molar refractivity (Wildman–Crippen MR) is 88.6 cm³/mol. The fourth-order valence-electron chi connectivity index (χ4n) is 1.98. The maximum absolute atomic E-state index is 12.3. The van der Waals surface area contributed by atoms with E-state index in [-0.39, 0.29) is 5.91 Å². The number of amides is 1. The molecule has 1 aromatic heterocycles. The SMILES string of the molecule is CCCc1ccccc1NC(=O)c1ccc(C#CCN)s1. The van der Waals surface area contributed by atoms with Crippen LogP contribution in [-0.4, -0.2) is 12.5 Å². The fourth-order valence-corrected chi connectivity index (χ4v) is 2.75. The van der Waals surface area contributed by atoms with Crippen molar-refractivity contribution >= 4 is 22.9 Å². The molecule has 2 aromatic rings. The first-order valence-electron chi connectivity index (χ1n) is 6.92. The van der Waals surface area contributed by atoms with Gasteiger partial charge in [0, 0.05) is 5.69 Å². The standard InChI is InChI=1S/C17H18N2OS/c1-2-6-13-7-3-4-9-15(13)19-17(20)16-11-10-14(21-16)8-5-12-18/h3-4,7,9-11H,2,6,12,18H2,1H3,(H,19,20). The smallest absolute Gasteiger partial charge is 0.265 e. The van der Waals surface area contributed by atoms with Crippen molar-refractivity contribution in [3.8, 4) is 11.8 Å². The number of carbonyl (C=O) groups is 1. The highest BCUT2D eigenvalue weighted by molar-refractivity contribution is 7.14. The van der Waals surface area contributed by atoms with Gasteiger partial charge in [0.15, 0.2) is 0 Å². The number of nitrogens with two attached hydrogens (primary N) is 1. The first-order valence-corrected chi connectivity index (χ1v) is 7.74. The number of aryl methyl sites for hydroxylation is 1. The lowest BCUT2D eigenvalue weighted by atomic mass is 10.1. The largest absolute Gasteiger partial charge is 0.321 e. The summed E-state index contributed by atoms with van der Waals surface area (Å²) in [6.45, 7) is 2.45. The van der Waals surface area contributed by atoms with Crippen molar-refractivity contribution in [3.05, 3.63) is 51.7 Å². The molecule has 0 saturated heterocycles. The maximum Gasteiger partial charge on any atom is 0.265 e. The lowest BCUT2D eigenvalue weighted by Crippen LogP contribution is -2.11. The summed E-state index contributed by atoms with van der Waals surface area (Å²) in [5.41, 5.74) is 7.38. The van der Waals surface area contributed by atoms with E-state index in [1.807, 2.05) is 30.3 Å². The first-order chi connectivity index (χ1) is 10.2. The molecule has 1 heterocycles. The van der Waals surface area contributed by atoms with Crippen LogP contribution in [0.15, 0.2) is 36.4 Å². The topological polar surface area (TPSA) is 55.1 Å². The molecule has 3 nitrogen and oxygen atoms in total. The number of anilines is 1. The fraction of sp³-hybridized carbons (Fsp3) is 0.235. The van der Waals surface area contributed by atoms with Crippen molar-refractivity contribution < 1.29 is 4.79 Å². The summed E-state index contributed by atoms with van der Waals surface area (Å²) >= 11 is 1.38. The number of benzene rings is 1. The van der Waals surface area contributed by atoms with Crippen LogP contribution in [0.2, 0.25) is 0 Å². The summed E-state index contributed by atoms with van der Waals surface area (Å²) in [6, 6.07) is 11.5. The minimum atomic E-state index is -0.0932. The number of carbonyl (C=O) groups excluding carboxylic acids is 1. The summed E-state index contributed by atoms with van der Waals surface area (Å²) in [5.74, 6) is 5.63. The molecule has 21 heavy (non-hydrogen) atoms. The molecule has 0 bridgehead atoms. The van der Waals surface area contributed by atoms with E-state index >= 15 is 0 Å². The van der Waals surface area contributed by atoms with E-state index in [0.717, 1.165) is 29.0 Å². The third-order valence-electron chi connectivity index (χ3n) is 2.93. The molecular formula is C17H18N2OS. The first kappa shape index (κ1) is 15.3. The second-order valence-corrected chi connectivity index (χ2v) is 5.61. The third kappa shape index (κ3) is 4.19. The average Bonchev–Trinajstić information content (AvgIpc) is 2.96. The van der Waals surface area contributed by atoms with Crippen LogP contribution in [0.5, 0.6) is 0 Å². The molecule has 0 saturated carbocycles. The number of thiophene rings is 1. The molecule has 0 aliphatic carbocycles. The molecular weight excluding hydrogens is 280 g/mol. The Morgan fingerprint density at radius 3 is 2.86 bits per heavy atom. The zero-order valence-corrected chi connectivity index (χ0v) is 12.8. The molecule has 108 valence electrons. The van der Waals surface area contributed by atoms with Gasteiger partial charge in [0.05, 0.1) is 16.3 Å². The predicted octanol–water partition coefficient (Wildman–Crippen LogP) is 3.26. The van der Waals surface area contributed by atoms with Crippen LogP contribution >= 0.6 is 11.3 Å². The van der Waals surface area contributed by atoms with Crippen LogP contribution in [0, 0.1) is 11.8 Å². The second-order valence-electron chi connectivity index (χ2n) is 4.53. The molecule has 0 radical (unpaired) electrons. The van der Waals surface area contributed by atoms with E-state index < -0.39 is 0 Å². The maximum atomic E-state index is 12.3. The van der Waals surface area contributed by atoms with Gasteiger partial charge < -0.3 is 11.1 Å². The Balaban J connectivity index is 2.13. The Labute approximate surface area is 129 Å². The van der Waals surface area contributed by atoms with E-state index in [9.17, 15) is 4.79 Å². The van der Waals surface area contributed by atoms with E-state index in [0.29, 0.717) is 11.4 Å². The Kier molecular flexibility index (Phi) is 5.56. The number of rotatable bonds is 4. The van der Waals surface area contributed by atoms with Gasteiger partial charge in [-0.15, -0.1) is 11.3 Å². The summed E-state index contributed by atoms with van der Waals surface area (Å²) in [7, 11) is 0. The minimum absolute atomic E-state index is 0.0932. The van der Waals surface area contributed by atoms with Gasteiger partial charge in [-0.2, -0.15) is 0 Å². The highest BCUT2D eigenvalue weighted by Crippen LogP contribution is 2.20. The van der Waals surface area contributed by atoms with Crippen molar-refractivity contribution in [1.82, 2.24) is 0 Å². The van der Waals surface area contributed by atoms with Crippen LogP contribution < -0.4 is 11.1 Å². The van der Waals surface area contributed by atoms with Gasteiger partial charge in [0.1, 0.15) is 0 Å². The Bertz CT molecular complexity index is 679. The van der Waals surface area contributed by atoms with Crippen molar-refractivity contribution in [2.24, 2.45) is 5.73 Å². The average molecular weight is 298 g/mol. The van der Waals surface area contributed by atoms with Crippen molar-refractivity contribution in [2.45, 2.75) is 19.8 Å². The number of nitrogens with one attached hydrogen (secondary N) is 1. The van der Waals surface area contributed by atoms with Gasteiger partial charge in [0.2, 0.25) is 0 Å². The van der Waals surface area contributed by atoms with Crippen LogP contribution in [0.25, 0.3) is 0 Å². The summed E-state index contributed by atoms with van der Waals surface area (Å²) in [4.78, 5) is 13.8. The van der Waals surface area contributed by atoms with E-state index in [2.05, 4.69) is 24.1 Å². The highest BCUT2D eigenvalue weighted by Gasteiger charge is 2.10. The Hall–Kier alpha value is -2.09. The Morgan fingerprint density at radius 1 is 1.29 bits per heavy atom. The van der Waals surface area contributed by atoms with Crippen LogP contribution in [0.1, 0.15) is 33.5 Å². The number of para-hydroxylation sites is 1. The molecule has 4 heteroatoms. The number of hydrogen-bond donors (Lipinski definition) is 2. The Morgan fingerprint density at radius 2 is 2.10 bits per heavy atom. The van der Waals surface area contributed by atoms with Crippen molar-refractivity contribution in [3.63, 3.8) is 0 Å². The second kappa shape index (κ2) is 7.63. The van der Waals surface area contributed by atoms with Gasteiger partial charge in [-0.3, -0.25) is 4.79 Å². The van der Waals surface area contributed by atoms with Gasteiger partial charge in [0.25, 0.3) is 5.91 Å². The zero-order chi connectivity index (χ0) is 15.1. The van der Waals surface area contributed by atoms with Gasteiger partial charge in [-0.05, 0) is 30.2 Å². The lowest BCUT2D eigenvalue weighted by molar-refractivity contribution is 0.103. The van der Waals surface area contributed by atoms with Crippen molar-refractivity contribution in [2.75, 3.05) is 11.9 Å². The molecule has 1 aromatic carbocycles. The summed E-state index contributed by atoms with van der Waals surface area (Å²) in [5, 5.41) is 2.98. The third-order valence-corrected chi connectivity index (χ3v) is 3.93. The van der Waals surface area contributed by atoms with Gasteiger partial charge in [-0.1, -0.05) is 43.4 Å². The van der Waals surface area contributed by atoms with Crippen LogP contribution in [0.3, 0.4) is 0 Å². The number of hydrogen-bond acceptors (Lipinski definition) is 3. The zero-order valence-electron chi connectivity index (χ0n) is 12.0. The van der Waals surface area contributed by atoms with Crippen LogP contribution in [0.4, 0.5) is 5.69 Å². The van der Waals surface area contributed by atoms with Crippen LogP contribution in [-0.2, 0) is 6.42 Å². The van der Waals surface area contributed by atoms with Gasteiger partial charge >= 0.3 is 0 Å². The molecule has 1 amide bonds. The quantitative estimate of drug-likeness (QED) is 0.851. The molecule has 0 unspecified atom stereocenters. The molecule has 0 spiro atoms. The molecule has 0 aliphatic rings. The normalized spacial score (nSPS) is 9.81. The van der Waals surface area contributed by atoms with Gasteiger partial charge in [-0.25, -0.2) is 0 Å². The monoisotopic (exact) mass is 298 g/mol. The van der Waals surface area contributed by atoms with E-state index in [1.54, 1.807) is 6.07 Å². The summed E-state index contributed by atoms with van der Waals surface area (Å²) in [6.07, 6.45) is 2.00. The highest BCUT2D eigenvalue weighted by atomic mass is 32.1. The molecule has 2 rings (SSSR count). The molecule has 3 N–H and O–H groups in total. The van der Waals surface area contributed by atoms with E-state index in [1.165, 1.54) is 11.3 Å². The van der Waals surface area contributed by atoms with Crippen molar-refractivity contribution in [1.29, 1.82) is 0 Å². The lowest BCUT2D eigenvalue weighted by Gasteiger charge is -2.09.